The molecule has 4 heterocycles. The number of benzene rings is 6. The molecule has 2 saturated heterocycles. The first-order valence-corrected chi connectivity index (χ1v) is 26.3. The zero-order chi connectivity index (χ0) is 56.0. The molecule has 5 amide bonds. The summed E-state index contributed by atoms with van der Waals surface area (Å²) in [6.07, 6.45) is 2.79. The molecule has 2 fully saturated rings. The van der Waals surface area contributed by atoms with Crippen LogP contribution in [0.1, 0.15) is 105 Å². The summed E-state index contributed by atoms with van der Waals surface area (Å²) in [7, 11) is 0. The lowest BCUT2D eigenvalue weighted by Gasteiger charge is -2.22. The molecule has 426 valence electrons. The van der Waals surface area contributed by atoms with Crippen molar-refractivity contribution in [1.82, 2.24) is 20.1 Å². The van der Waals surface area contributed by atoms with E-state index in [9.17, 15) is 24.0 Å². The Bertz CT molecular complexity index is 3330. The van der Waals surface area contributed by atoms with Crippen molar-refractivity contribution in [3.8, 4) is 11.5 Å². The van der Waals surface area contributed by atoms with E-state index < -0.39 is 29.4 Å². The molecule has 0 bridgehead atoms. The Kier molecular flexibility index (Phi) is 20.6. The van der Waals surface area contributed by atoms with Crippen LogP contribution in [0.5, 0.6) is 11.5 Å². The Balaban J connectivity index is 0.000000233. The number of nitrogens with zero attached hydrogens (tertiary/aromatic N) is 4. The van der Waals surface area contributed by atoms with Crippen LogP contribution in [-0.4, -0.2) is 75.3 Å². The predicted molar refractivity (Wildman–Crippen MR) is 311 cm³/mol. The summed E-state index contributed by atoms with van der Waals surface area (Å²) in [6, 6.07) is 52.2. The highest BCUT2D eigenvalue weighted by atomic mass is 16.6. The third-order valence-corrected chi connectivity index (χ3v) is 13.7. The first kappa shape index (κ1) is 60.1. The Labute approximate surface area is 478 Å². The second-order valence-electron chi connectivity index (χ2n) is 20.6. The minimum Gasteiger partial charge on any atom is -0.489 e. The van der Waals surface area contributed by atoms with Gasteiger partial charge in [-0.15, -0.1) is 0 Å². The monoisotopic (exact) mass is 1110 g/mol. The van der Waals surface area contributed by atoms with Crippen molar-refractivity contribution < 1.29 is 52.0 Å². The summed E-state index contributed by atoms with van der Waals surface area (Å²) in [5, 5.41) is 11.1. The SMILES string of the molecule is C.C.CC(C)(C)C(=O)Nc1cccc(COc2ccc([C@H](CC(=O)N3C(=O)OC[C@@H]3Cc3ccccc3)c3ccon3)cc2)c1.Nc1cccc(COc2ccc([C@H](CC(=O)N3C(=O)OC[C@@H]3Cc3ccccc3)c3ccon3)cc2)c1. The van der Waals surface area contributed by atoms with Crippen LogP contribution in [0.3, 0.4) is 0 Å². The number of nitrogens with one attached hydrogen (secondary N) is 1. The quantitative estimate of drug-likeness (QED) is 0.0720. The number of hydrogen-bond donors (Lipinski definition) is 2. The zero-order valence-electron chi connectivity index (χ0n) is 44.6. The average molecular weight is 1110 g/mol. The number of amides is 5. The fourth-order valence-electron chi connectivity index (χ4n) is 9.41. The first-order valence-electron chi connectivity index (χ1n) is 26.3. The third kappa shape index (κ3) is 15.9. The van der Waals surface area contributed by atoms with Gasteiger partial charge in [-0.2, -0.15) is 0 Å². The number of carbonyl (C=O) groups excluding carboxylic acids is 5. The maximum absolute atomic E-state index is 13.5. The minimum atomic E-state index is -0.629. The van der Waals surface area contributed by atoms with E-state index in [0.29, 0.717) is 60.3 Å². The van der Waals surface area contributed by atoms with Crippen molar-refractivity contribution in [1.29, 1.82) is 0 Å². The third-order valence-electron chi connectivity index (χ3n) is 13.7. The Morgan fingerprint density at radius 3 is 1.41 bits per heavy atom. The molecule has 2 aliphatic heterocycles. The largest absolute Gasteiger partial charge is 0.489 e. The summed E-state index contributed by atoms with van der Waals surface area (Å²) in [4.78, 5) is 66.8. The number of ether oxygens (including phenoxy) is 4. The molecular formula is C65H70N6O11. The number of nitrogen functional groups attached to an aromatic ring is 1. The van der Waals surface area contributed by atoms with E-state index in [1.807, 2.05) is 178 Å². The van der Waals surface area contributed by atoms with Crippen LogP contribution < -0.4 is 20.5 Å². The smallest absolute Gasteiger partial charge is 0.416 e. The van der Waals surface area contributed by atoms with Crippen molar-refractivity contribution in [2.24, 2.45) is 5.41 Å². The van der Waals surface area contributed by atoms with Crippen LogP contribution in [0.25, 0.3) is 0 Å². The summed E-state index contributed by atoms with van der Waals surface area (Å²) >= 11 is 0. The molecule has 17 nitrogen and oxygen atoms in total. The number of hydrogen-bond acceptors (Lipinski definition) is 14. The van der Waals surface area contributed by atoms with Crippen molar-refractivity contribution in [2.75, 3.05) is 24.3 Å². The number of imide groups is 2. The molecule has 0 saturated carbocycles. The molecule has 0 aliphatic carbocycles. The van der Waals surface area contributed by atoms with Crippen LogP contribution in [0.2, 0.25) is 0 Å². The lowest BCUT2D eigenvalue weighted by atomic mass is 9.91. The van der Waals surface area contributed by atoms with Gasteiger partial charge in [-0.1, -0.05) is 155 Å². The second-order valence-corrected chi connectivity index (χ2v) is 20.6. The minimum absolute atomic E-state index is 0. The van der Waals surface area contributed by atoms with Crippen LogP contribution in [0.15, 0.2) is 191 Å². The number of rotatable bonds is 19. The summed E-state index contributed by atoms with van der Waals surface area (Å²) in [5.41, 5.74) is 13.5. The Morgan fingerprint density at radius 1 is 0.573 bits per heavy atom. The summed E-state index contributed by atoms with van der Waals surface area (Å²) in [6.45, 7) is 6.62. The number of anilines is 2. The zero-order valence-corrected chi connectivity index (χ0v) is 44.6. The molecule has 0 radical (unpaired) electrons. The van der Waals surface area contributed by atoms with E-state index in [-0.39, 0.29) is 70.7 Å². The van der Waals surface area contributed by atoms with Gasteiger partial charge in [0, 0.05) is 53.6 Å². The van der Waals surface area contributed by atoms with Crippen LogP contribution in [-0.2, 0) is 49.9 Å². The van der Waals surface area contributed by atoms with Gasteiger partial charge in [0.25, 0.3) is 0 Å². The van der Waals surface area contributed by atoms with E-state index >= 15 is 0 Å². The van der Waals surface area contributed by atoms with Crippen molar-refractivity contribution in [3.63, 3.8) is 0 Å². The van der Waals surface area contributed by atoms with Gasteiger partial charge >= 0.3 is 12.2 Å². The highest BCUT2D eigenvalue weighted by Gasteiger charge is 2.41. The number of nitrogens with two attached hydrogens (primary N) is 1. The van der Waals surface area contributed by atoms with Crippen molar-refractivity contribution >= 4 is 41.3 Å². The highest BCUT2D eigenvalue weighted by Crippen LogP contribution is 2.33. The maximum Gasteiger partial charge on any atom is 0.416 e. The Hall–Kier alpha value is -9.51. The van der Waals surface area contributed by atoms with E-state index in [4.69, 9.17) is 33.7 Å². The standard InChI is InChI=1S/C34H35N3O6.C29H27N3O5.2CH4/c1-34(2,3)32(39)35-26-11-7-10-24(18-26)21-41-28-14-12-25(13-15-28)29(30-16-17-43-36-30)20-31(38)37-27(22-42-33(37)40)19-23-8-5-4-6-9-23;30-23-8-4-7-21(15-23)18-35-25-11-9-22(10-12-25)26(27-13-14-37-31-27)17-28(33)32-24(19-36-29(32)34)16-20-5-2-1-3-6-20;;/h4-18,27,29H,19-22H2,1-3H3,(H,35,39);1-15,24,26H,16-19,30H2;2*1H4/t27-,29-;24-,26-;;/m00../s1. The number of carbonyl (C=O) groups is 5. The van der Waals surface area contributed by atoms with Crippen LogP contribution in [0.4, 0.5) is 21.0 Å². The van der Waals surface area contributed by atoms with Gasteiger partial charge in [0.2, 0.25) is 17.7 Å². The molecule has 8 aromatic rings. The maximum atomic E-state index is 13.5. The van der Waals surface area contributed by atoms with E-state index in [2.05, 4.69) is 15.6 Å². The van der Waals surface area contributed by atoms with Gasteiger partial charge in [-0.25, -0.2) is 19.4 Å². The molecule has 0 unspecified atom stereocenters. The second kappa shape index (κ2) is 28.1. The van der Waals surface area contributed by atoms with E-state index in [1.165, 1.54) is 22.3 Å². The molecule has 10 rings (SSSR count). The van der Waals surface area contributed by atoms with Gasteiger partial charge in [0.15, 0.2) is 0 Å². The van der Waals surface area contributed by atoms with Crippen molar-refractivity contribution in [3.05, 3.63) is 227 Å². The van der Waals surface area contributed by atoms with Gasteiger partial charge in [0.1, 0.15) is 50.5 Å². The molecule has 6 aromatic carbocycles. The molecular weight excluding hydrogens is 1040 g/mol. The molecule has 4 atom stereocenters. The Morgan fingerprint density at radius 2 is 1.00 bits per heavy atom. The number of cyclic esters (lactones) is 2. The number of aromatic nitrogens is 2. The van der Waals surface area contributed by atoms with Crippen LogP contribution >= 0.6 is 0 Å². The fraction of sp³-hybridized carbons (Fsp3) is 0.277. The molecule has 82 heavy (non-hydrogen) atoms. The van der Waals surface area contributed by atoms with E-state index in [1.54, 1.807) is 12.1 Å². The first-order chi connectivity index (χ1) is 38.7. The van der Waals surface area contributed by atoms with Gasteiger partial charge in [-0.05, 0) is 94.8 Å². The fourth-order valence-corrected chi connectivity index (χ4v) is 9.41. The molecule has 3 N–H and O–H groups in total. The van der Waals surface area contributed by atoms with Gasteiger partial charge in [-0.3, -0.25) is 14.4 Å². The van der Waals surface area contributed by atoms with Gasteiger partial charge < -0.3 is 39.0 Å². The topological polar surface area (TPSA) is 219 Å². The van der Waals surface area contributed by atoms with Crippen molar-refractivity contribution in [2.45, 2.75) is 98.4 Å². The summed E-state index contributed by atoms with van der Waals surface area (Å²) < 4.78 is 32.6. The average Bonchev–Trinajstić information content (AvgIpc) is 4.48. The summed E-state index contributed by atoms with van der Waals surface area (Å²) in [5.74, 6) is -0.232. The lowest BCUT2D eigenvalue weighted by Crippen LogP contribution is -2.40. The molecule has 2 aromatic heterocycles. The van der Waals surface area contributed by atoms with Gasteiger partial charge in [0.05, 0.1) is 23.5 Å². The highest BCUT2D eigenvalue weighted by molar-refractivity contribution is 5.95. The lowest BCUT2D eigenvalue weighted by molar-refractivity contribution is -0.130. The molecule has 17 heteroatoms. The predicted octanol–water partition coefficient (Wildman–Crippen LogP) is 12.6. The van der Waals surface area contributed by atoms with E-state index in [0.717, 1.165) is 33.4 Å². The van der Waals surface area contributed by atoms with Crippen LogP contribution in [0, 0.1) is 5.41 Å². The molecule has 2 aliphatic rings. The molecule has 0 spiro atoms. The normalized spacial score (nSPS) is 15.3.